The topological polar surface area (TPSA) is 78.4 Å². The number of carbonyl (C=O) groups excluding carboxylic acids is 2. The molecular formula is C16H24N2O3. The summed E-state index contributed by atoms with van der Waals surface area (Å²) in [5.74, 6) is -0.153. The maximum atomic E-state index is 12.0. The van der Waals surface area contributed by atoms with Crippen molar-refractivity contribution in [1.82, 2.24) is 10.6 Å². The molecule has 0 aliphatic carbocycles. The molecule has 3 N–H and O–H groups in total. The summed E-state index contributed by atoms with van der Waals surface area (Å²) < 4.78 is 0. The summed E-state index contributed by atoms with van der Waals surface area (Å²) >= 11 is 0. The second-order valence-electron chi connectivity index (χ2n) is 5.16. The highest BCUT2D eigenvalue weighted by molar-refractivity contribution is 5.99. The largest absolute Gasteiger partial charge is 0.396 e. The third-order valence-electron chi connectivity index (χ3n) is 3.16. The molecule has 1 atom stereocenters. The highest BCUT2D eigenvalue weighted by atomic mass is 16.3. The number of aliphatic hydroxyl groups is 1. The van der Waals surface area contributed by atoms with E-state index in [0.29, 0.717) is 30.6 Å². The van der Waals surface area contributed by atoms with Crippen LogP contribution in [0.5, 0.6) is 0 Å². The van der Waals surface area contributed by atoms with E-state index in [1.54, 1.807) is 24.3 Å². The third kappa shape index (κ3) is 5.95. The van der Waals surface area contributed by atoms with Crippen LogP contribution in [0.2, 0.25) is 0 Å². The molecule has 5 heteroatoms. The Balaban J connectivity index is 2.62. The van der Waals surface area contributed by atoms with E-state index in [2.05, 4.69) is 10.6 Å². The Labute approximate surface area is 125 Å². The van der Waals surface area contributed by atoms with Crippen LogP contribution < -0.4 is 10.6 Å². The lowest BCUT2D eigenvalue weighted by molar-refractivity contribution is 0.0945. The van der Waals surface area contributed by atoms with E-state index in [9.17, 15) is 9.59 Å². The Kier molecular flexibility index (Phi) is 7.46. The smallest absolute Gasteiger partial charge is 0.251 e. The van der Waals surface area contributed by atoms with Crippen LogP contribution >= 0.6 is 0 Å². The summed E-state index contributed by atoms with van der Waals surface area (Å²) in [7, 11) is 0. The van der Waals surface area contributed by atoms with Gasteiger partial charge in [0.25, 0.3) is 11.8 Å². The molecule has 0 saturated heterocycles. The summed E-state index contributed by atoms with van der Waals surface area (Å²) in [6, 6.07) is 6.67. The van der Waals surface area contributed by atoms with Gasteiger partial charge >= 0.3 is 0 Å². The highest BCUT2D eigenvalue weighted by Crippen LogP contribution is 2.06. The zero-order valence-corrected chi connectivity index (χ0v) is 12.7. The van der Waals surface area contributed by atoms with Crippen LogP contribution in [0, 0.1) is 5.92 Å². The number of benzene rings is 1. The van der Waals surface area contributed by atoms with E-state index in [1.807, 2.05) is 13.8 Å². The Morgan fingerprint density at radius 3 is 2.38 bits per heavy atom. The monoisotopic (exact) mass is 292 g/mol. The Morgan fingerprint density at radius 2 is 1.81 bits per heavy atom. The third-order valence-corrected chi connectivity index (χ3v) is 3.16. The molecule has 0 spiro atoms. The first kappa shape index (κ1) is 17.2. The fraction of sp³-hybridized carbons (Fsp3) is 0.500. The van der Waals surface area contributed by atoms with Crippen molar-refractivity contribution in [2.75, 3.05) is 19.7 Å². The lowest BCUT2D eigenvalue weighted by Crippen LogP contribution is -2.29. The number of amides is 2. The van der Waals surface area contributed by atoms with Gasteiger partial charge in [0.1, 0.15) is 0 Å². The minimum Gasteiger partial charge on any atom is -0.396 e. The van der Waals surface area contributed by atoms with E-state index in [-0.39, 0.29) is 24.3 Å². The molecule has 1 unspecified atom stereocenters. The van der Waals surface area contributed by atoms with Gasteiger partial charge in [0.2, 0.25) is 0 Å². The predicted molar refractivity (Wildman–Crippen MR) is 82.3 cm³/mol. The van der Waals surface area contributed by atoms with Gasteiger partial charge in [-0.05, 0) is 37.0 Å². The minimum absolute atomic E-state index is 0.115. The van der Waals surface area contributed by atoms with Gasteiger partial charge in [0, 0.05) is 30.8 Å². The van der Waals surface area contributed by atoms with Crippen LogP contribution in [0.25, 0.3) is 0 Å². The number of aliphatic hydroxyl groups excluding tert-OH is 1. The van der Waals surface area contributed by atoms with Gasteiger partial charge in [-0.2, -0.15) is 0 Å². The predicted octanol–water partition coefficient (Wildman–Crippen LogP) is 1.57. The fourth-order valence-electron chi connectivity index (χ4n) is 1.83. The Morgan fingerprint density at radius 1 is 1.19 bits per heavy atom. The van der Waals surface area contributed by atoms with E-state index < -0.39 is 0 Å². The zero-order valence-electron chi connectivity index (χ0n) is 12.7. The summed E-state index contributed by atoms with van der Waals surface area (Å²) in [6.07, 6.45) is 1.52. The van der Waals surface area contributed by atoms with Gasteiger partial charge < -0.3 is 15.7 Å². The van der Waals surface area contributed by atoms with Crippen molar-refractivity contribution in [2.24, 2.45) is 5.92 Å². The summed E-state index contributed by atoms with van der Waals surface area (Å²) in [5.41, 5.74) is 0.954. The maximum absolute atomic E-state index is 12.0. The number of hydrogen-bond acceptors (Lipinski definition) is 3. The van der Waals surface area contributed by atoms with Crippen molar-refractivity contribution in [3.63, 3.8) is 0 Å². The lowest BCUT2D eigenvalue weighted by atomic mass is 10.1. The number of nitrogens with one attached hydrogen (secondary N) is 2. The second kappa shape index (κ2) is 9.13. The van der Waals surface area contributed by atoms with Crippen LogP contribution in [-0.2, 0) is 0 Å². The first-order chi connectivity index (χ1) is 10.1. The average Bonchev–Trinajstić information content (AvgIpc) is 2.50. The maximum Gasteiger partial charge on any atom is 0.251 e. The quantitative estimate of drug-likeness (QED) is 0.680. The average molecular weight is 292 g/mol. The molecule has 116 valence electrons. The molecule has 2 amide bonds. The minimum atomic E-state index is -0.204. The molecule has 0 aromatic heterocycles. The Bertz CT molecular complexity index is 474. The SMILES string of the molecule is CCCNC(=O)c1cccc(C(=O)NCC(C)CCO)c1. The first-order valence-electron chi connectivity index (χ1n) is 7.35. The normalized spacial score (nSPS) is 11.8. The van der Waals surface area contributed by atoms with Crippen LogP contribution in [0.4, 0.5) is 0 Å². The van der Waals surface area contributed by atoms with E-state index in [4.69, 9.17) is 5.11 Å². The molecule has 1 rings (SSSR count). The zero-order chi connectivity index (χ0) is 15.7. The van der Waals surface area contributed by atoms with Gasteiger partial charge in [-0.25, -0.2) is 0 Å². The molecule has 21 heavy (non-hydrogen) atoms. The highest BCUT2D eigenvalue weighted by Gasteiger charge is 2.11. The molecule has 0 aliphatic rings. The number of carbonyl (C=O) groups is 2. The van der Waals surface area contributed by atoms with Gasteiger partial charge in [-0.3, -0.25) is 9.59 Å². The molecule has 0 heterocycles. The number of rotatable bonds is 8. The van der Waals surface area contributed by atoms with Crippen LogP contribution in [0.15, 0.2) is 24.3 Å². The van der Waals surface area contributed by atoms with Gasteiger partial charge in [-0.15, -0.1) is 0 Å². The van der Waals surface area contributed by atoms with Crippen LogP contribution in [0.1, 0.15) is 47.4 Å². The van der Waals surface area contributed by atoms with E-state index in [0.717, 1.165) is 6.42 Å². The molecule has 0 aliphatic heterocycles. The first-order valence-corrected chi connectivity index (χ1v) is 7.35. The van der Waals surface area contributed by atoms with Crippen molar-refractivity contribution in [2.45, 2.75) is 26.7 Å². The van der Waals surface area contributed by atoms with Crippen molar-refractivity contribution in [1.29, 1.82) is 0 Å². The molecule has 0 fully saturated rings. The van der Waals surface area contributed by atoms with Crippen molar-refractivity contribution < 1.29 is 14.7 Å². The van der Waals surface area contributed by atoms with Gasteiger partial charge in [-0.1, -0.05) is 19.9 Å². The lowest BCUT2D eigenvalue weighted by Gasteiger charge is -2.11. The summed E-state index contributed by atoms with van der Waals surface area (Å²) in [5, 5.41) is 14.4. The van der Waals surface area contributed by atoms with Crippen LogP contribution in [0.3, 0.4) is 0 Å². The summed E-state index contributed by atoms with van der Waals surface area (Å²) in [6.45, 7) is 5.19. The van der Waals surface area contributed by atoms with Crippen molar-refractivity contribution in [3.05, 3.63) is 35.4 Å². The fourth-order valence-corrected chi connectivity index (χ4v) is 1.83. The van der Waals surface area contributed by atoms with Gasteiger partial charge in [0.05, 0.1) is 0 Å². The molecule has 0 radical (unpaired) electrons. The standard InChI is InChI=1S/C16H24N2O3/c1-3-8-17-15(20)13-5-4-6-14(10-13)16(21)18-11-12(2)7-9-19/h4-6,10,12,19H,3,7-9,11H2,1-2H3,(H,17,20)(H,18,21). The summed E-state index contributed by atoms with van der Waals surface area (Å²) in [4.78, 5) is 23.9. The molecular weight excluding hydrogens is 268 g/mol. The Hall–Kier alpha value is -1.88. The van der Waals surface area contributed by atoms with Crippen molar-refractivity contribution in [3.8, 4) is 0 Å². The number of hydrogen-bond donors (Lipinski definition) is 3. The van der Waals surface area contributed by atoms with E-state index >= 15 is 0 Å². The second-order valence-corrected chi connectivity index (χ2v) is 5.16. The molecule has 0 bridgehead atoms. The van der Waals surface area contributed by atoms with E-state index in [1.165, 1.54) is 0 Å². The van der Waals surface area contributed by atoms with Gasteiger partial charge in [0.15, 0.2) is 0 Å². The molecule has 1 aromatic carbocycles. The molecule has 0 saturated carbocycles. The molecule has 5 nitrogen and oxygen atoms in total. The van der Waals surface area contributed by atoms with Crippen molar-refractivity contribution >= 4 is 11.8 Å². The molecule has 1 aromatic rings. The van der Waals surface area contributed by atoms with Crippen LogP contribution in [-0.4, -0.2) is 36.6 Å².